The first-order chi connectivity index (χ1) is 6.40. The van der Waals surface area contributed by atoms with E-state index >= 15 is 0 Å². The molecule has 0 aliphatic rings. The lowest BCUT2D eigenvalue weighted by atomic mass is 10.4. The number of nitrogens with zero attached hydrogens (tertiary/aromatic N) is 1. The molecule has 0 saturated heterocycles. The second-order valence-electron chi connectivity index (χ2n) is 3.22. The molecule has 1 N–H and O–H groups in total. The van der Waals surface area contributed by atoms with E-state index in [-0.39, 0.29) is 6.54 Å². The first-order valence-electron chi connectivity index (χ1n) is 4.36. The van der Waals surface area contributed by atoms with Crippen molar-refractivity contribution in [1.29, 1.82) is 0 Å². The van der Waals surface area contributed by atoms with Crippen molar-refractivity contribution in [3.8, 4) is 0 Å². The van der Waals surface area contributed by atoms with Gasteiger partial charge in [-0.05, 0) is 26.0 Å². The summed E-state index contributed by atoms with van der Waals surface area (Å²) in [5.74, 6) is 0. The lowest BCUT2D eigenvalue weighted by Crippen LogP contribution is -2.23. The molecule has 0 radical (unpaired) electrons. The van der Waals surface area contributed by atoms with Crippen LogP contribution in [-0.4, -0.2) is 17.4 Å². The van der Waals surface area contributed by atoms with E-state index in [1.807, 2.05) is 26.0 Å². The maximum atomic E-state index is 11.8. The molecule has 5 heteroatoms. The summed E-state index contributed by atoms with van der Waals surface area (Å²) in [6.07, 6.45) is -4.91. The van der Waals surface area contributed by atoms with Crippen molar-refractivity contribution in [3.63, 3.8) is 0 Å². The van der Waals surface area contributed by atoms with Crippen molar-refractivity contribution >= 4 is 0 Å². The predicted octanol–water partition coefficient (Wildman–Crippen LogP) is 2.60. The molecule has 2 nitrogen and oxygen atoms in total. The van der Waals surface area contributed by atoms with Gasteiger partial charge in [-0.2, -0.15) is 13.2 Å². The summed E-state index contributed by atoms with van der Waals surface area (Å²) >= 11 is 0. The molecule has 1 aromatic heterocycles. The zero-order chi connectivity index (χ0) is 10.8. The number of aryl methyl sites for hydroxylation is 2. The average Bonchev–Trinajstić information content (AvgIpc) is 2.33. The minimum atomic E-state index is -4.10. The molecule has 0 saturated carbocycles. The molecule has 0 unspecified atom stereocenters. The van der Waals surface area contributed by atoms with Gasteiger partial charge in [-0.3, -0.25) is 4.68 Å². The summed E-state index contributed by atoms with van der Waals surface area (Å²) in [6, 6.07) is 3.71. The van der Waals surface area contributed by atoms with Gasteiger partial charge in [-0.1, -0.05) is 0 Å². The zero-order valence-corrected chi connectivity index (χ0v) is 8.15. The van der Waals surface area contributed by atoms with Crippen molar-refractivity contribution in [2.24, 2.45) is 0 Å². The number of hydrogen-bond donors (Lipinski definition) is 1. The van der Waals surface area contributed by atoms with Gasteiger partial charge in [0, 0.05) is 17.9 Å². The number of alkyl halides is 3. The maximum absolute atomic E-state index is 11.8. The van der Waals surface area contributed by atoms with E-state index in [0.717, 1.165) is 11.4 Å². The van der Waals surface area contributed by atoms with Crippen LogP contribution >= 0.6 is 0 Å². The van der Waals surface area contributed by atoms with Crippen LogP contribution in [0.15, 0.2) is 12.1 Å². The van der Waals surface area contributed by atoms with Crippen molar-refractivity contribution in [2.75, 3.05) is 12.0 Å². The third-order valence-electron chi connectivity index (χ3n) is 1.95. The van der Waals surface area contributed by atoms with Gasteiger partial charge >= 0.3 is 6.18 Å². The van der Waals surface area contributed by atoms with Crippen molar-refractivity contribution in [1.82, 2.24) is 4.68 Å². The molecule has 0 fully saturated rings. The number of hydrogen-bond acceptors (Lipinski definition) is 1. The minimum absolute atomic E-state index is 0.0974. The molecule has 0 aliphatic carbocycles. The number of rotatable bonds is 3. The van der Waals surface area contributed by atoms with E-state index in [1.165, 1.54) is 0 Å². The van der Waals surface area contributed by atoms with Crippen LogP contribution in [0.1, 0.15) is 17.8 Å². The van der Waals surface area contributed by atoms with Crippen LogP contribution in [0, 0.1) is 13.8 Å². The van der Waals surface area contributed by atoms with Gasteiger partial charge in [-0.15, -0.1) is 0 Å². The standard InChI is InChI=1S/C9H13F3N2/c1-7-3-4-8(2)14(7)13-6-5-9(10,11)12/h3-4,13H,5-6H2,1-2H3. The largest absolute Gasteiger partial charge is 0.390 e. The van der Waals surface area contributed by atoms with Gasteiger partial charge in [0.25, 0.3) is 0 Å². The van der Waals surface area contributed by atoms with Crippen LogP contribution in [0.25, 0.3) is 0 Å². The van der Waals surface area contributed by atoms with Gasteiger partial charge in [0.05, 0.1) is 6.42 Å². The lowest BCUT2D eigenvalue weighted by molar-refractivity contribution is -0.131. The third-order valence-corrected chi connectivity index (χ3v) is 1.95. The monoisotopic (exact) mass is 206 g/mol. The fourth-order valence-corrected chi connectivity index (χ4v) is 1.23. The fraction of sp³-hybridized carbons (Fsp3) is 0.556. The van der Waals surface area contributed by atoms with Crippen LogP contribution < -0.4 is 5.43 Å². The fourth-order valence-electron chi connectivity index (χ4n) is 1.23. The Hall–Kier alpha value is -1.13. The second-order valence-corrected chi connectivity index (χ2v) is 3.22. The first kappa shape index (κ1) is 10.9. The van der Waals surface area contributed by atoms with E-state index in [9.17, 15) is 13.2 Å². The Morgan fingerprint density at radius 1 is 1.21 bits per heavy atom. The van der Waals surface area contributed by atoms with Gasteiger partial charge < -0.3 is 5.43 Å². The minimum Gasteiger partial charge on any atom is -0.326 e. The zero-order valence-electron chi connectivity index (χ0n) is 8.15. The molecular formula is C9H13F3N2. The number of aromatic nitrogens is 1. The van der Waals surface area contributed by atoms with Crippen molar-refractivity contribution < 1.29 is 13.2 Å². The Morgan fingerprint density at radius 3 is 2.14 bits per heavy atom. The van der Waals surface area contributed by atoms with Crippen LogP contribution in [0.3, 0.4) is 0 Å². The molecule has 0 spiro atoms. The van der Waals surface area contributed by atoms with Crippen LogP contribution in [-0.2, 0) is 0 Å². The summed E-state index contributed by atoms with van der Waals surface area (Å²) in [6.45, 7) is 3.58. The smallest absolute Gasteiger partial charge is 0.326 e. The first-order valence-corrected chi connectivity index (χ1v) is 4.36. The highest BCUT2D eigenvalue weighted by Gasteiger charge is 2.26. The molecule has 0 aliphatic heterocycles. The highest BCUT2D eigenvalue weighted by molar-refractivity contribution is 5.15. The molecule has 0 atom stereocenters. The summed E-state index contributed by atoms with van der Waals surface area (Å²) in [7, 11) is 0. The van der Waals surface area contributed by atoms with E-state index in [1.54, 1.807) is 4.68 Å². The second kappa shape index (κ2) is 3.94. The van der Waals surface area contributed by atoms with Gasteiger partial charge in [0.15, 0.2) is 0 Å². The Labute approximate surface area is 80.7 Å². The molecule has 0 bridgehead atoms. The van der Waals surface area contributed by atoms with E-state index in [2.05, 4.69) is 5.43 Å². The molecule has 80 valence electrons. The van der Waals surface area contributed by atoms with E-state index < -0.39 is 12.6 Å². The molecule has 0 amide bonds. The molecule has 0 aromatic carbocycles. The topological polar surface area (TPSA) is 17.0 Å². The highest BCUT2D eigenvalue weighted by Crippen LogP contribution is 2.18. The van der Waals surface area contributed by atoms with Crippen molar-refractivity contribution in [2.45, 2.75) is 26.4 Å². The maximum Gasteiger partial charge on any atom is 0.390 e. The Morgan fingerprint density at radius 2 is 1.71 bits per heavy atom. The SMILES string of the molecule is Cc1ccc(C)n1NCCC(F)(F)F. The highest BCUT2D eigenvalue weighted by atomic mass is 19.4. The number of nitrogens with one attached hydrogen (secondary N) is 1. The Bertz CT molecular complexity index is 282. The molecule has 14 heavy (non-hydrogen) atoms. The Balaban J connectivity index is 2.46. The van der Waals surface area contributed by atoms with Gasteiger partial charge in [-0.25, -0.2) is 0 Å². The molecule has 1 heterocycles. The summed E-state index contributed by atoms with van der Waals surface area (Å²) in [5.41, 5.74) is 4.53. The predicted molar refractivity (Wildman–Crippen MR) is 48.8 cm³/mol. The van der Waals surface area contributed by atoms with Gasteiger partial charge in [0.2, 0.25) is 0 Å². The molecule has 1 aromatic rings. The summed E-state index contributed by atoms with van der Waals surface area (Å²) in [4.78, 5) is 0. The number of halogens is 3. The van der Waals surface area contributed by atoms with Crippen LogP contribution in [0.2, 0.25) is 0 Å². The lowest BCUT2D eigenvalue weighted by Gasteiger charge is -2.13. The van der Waals surface area contributed by atoms with Crippen LogP contribution in [0.5, 0.6) is 0 Å². The Kier molecular flexibility index (Phi) is 3.08. The van der Waals surface area contributed by atoms with E-state index in [4.69, 9.17) is 0 Å². The summed E-state index contributed by atoms with van der Waals surface area (Å²) < 4.78 is 37.2. The quantitative estimate of drug-likeness (QED) is 0.804. The normalized spacial score (nSPS) is 11.8. The van der Waals surface area contributed by atoms with Crippen LogP contribution in [0.4, 0.5) is 13.2 Å². The molecule has 1 rings (SSSR count). The third kappa shape index (κ3) is 2.97. The molecular weight excluding hydrogens is 193 g/mol. The van der Waals surface area contributed by atoms with E-state index in [0.29, 0.717) is 0 Å². The summed E-state index contributed by atoms with van der Waals surface area (Å²) in [5, 5.41) is 0. The van der Waals surface area contributed by atoms with Crippen molar-refractivity contribution in [3.05, 3.63) is 23.5 Å². The average molecular weight is 206 g/mol. The van der Waals surface area contributed by atoms with Gasteiger partial charge in [0.1, 0.15) is 0 Å².